The molecule has 0 aliphatic rings. The minimum Gasteiger partial charge on any atom is -0.673 e. The molecule has 18 heavy (non-hydrogen) atoms. The number of amides is 3. The van der Waals surface area contributed by atoms with E-state index >= 15 is 0 Å². The third-order valence-electron chi connectivity index (χ3n) is 1.32. The quantitative estimate of drug-likeness (QED) is 0.646. The molecule has 0 aromatic rings. The molecule has 0 saturated carbocycles. The van der Waals surface area contributed by atoms with Crippen LogP contribution in [-0.2, 0) is 36.2 Å². The van der Waals surface area contributed by atoms with Crippen molar-refractivity contribution >= 4 is 23.7 Å². The number of carbonyl (C=O) groups is 4. The summed E-state index contributed by atoms with van der Waals surface area (Å²) in [4.78, 5) is 42.3. The van der Waals surface area contributed by atoms with Gasteiger partial charge in [-0.15, -0.1) is 6.54 Å². The molecular weight excluding hydrogens is 296 g/mol. The fourth-order valence-corrected chi connectivity index (χ4v) is 0.623. The summed E-state index contributed by atoms with van der Waals surface area (Å²) in [5.74, 6) is -3.66. The molecule has 0 aromatic carbocycles. The van der Waals surface area contributed by atoms with Crippen LogP contribution in [0.15, 0.2) is 0 Å². The van der Waals surface area contributed by atoms with Crippen LogP contribution in [0.2, 0.25) is 0 Å². The maximum Gasteiger partial charge on any atom is 0.285 e. The average Bonchev–Trinajstić information content (AvgIpc) is 2.30. The van der Waals surface area contributed by atoms with E-state index in [2.05, 4.69) is 16.0 Å². The van der Waals surface area contributed by atoms with E-state index in [4.69, 9.17) is 10.8 Å². The predicted octanol–water partition coefficient (Wildman–Crippen LogP) is -0.178. The van der Waals surface area contributed by atoms with Gasteiger partial charge in [0.1, 0.15) is 0 Å². The summed E-state index contributed by atoms with van der Waals surface area (Å²) in [5.41, 5.74) is 6.61. The molecule has 1 radical (unpaired) electrons. The van der Waals surface area contributed by atoms with Gasteiger partial charge in [-0.3, -0.25) is 4.79 Å². The molecule has 0 aliphatic carbocycles. The number of carboxylic acids is 1. The first kappa shape index (κ1) is 18.7. The fourth-order valence-electron chi connectivity index (χ4n) is 0.623. The summed E-state index contributed by atoms with van der Waals surface area (Å²) in [6, 6.07) is 0. The van der Waals surface area contributed by atoms with Gasteiger partial charge in [0.25, 0.3) is 5.97 Å². The van der Waals surface area contributed by atoms with Gasteiger partial charge in [0.15, 0.2) is 0 Å². The average molecular weight is 306 g/mol. The van der Waals surface area contributed by atoms with Crippen LogP contribution in [0.25, 0.3) is 21.7 Å². The summed E-state index contributed by atoms with van der Waals surface area (Å²) in [5, 5.41) is 17.7. The second-order valence-corrected chi connectivity index (χ2v) is 2.70. The number of aliphatic carboxylic acids is 1. The molecule has 0 bridgehead atoms. The van der Waals surface area contributed by atoms with Crippen LogP contribution < -0.4 is 0 Å². The van der Waals surface area contributed by atoms with E-state index in [0.29, 0.717) is 0 Å². The number of nitrogens with one attached hydrogen (secondary N) is 1. The number of nitrogens with zero attached hydrogens (tertiary/aromatic N) is 3. The van der Waals surface area contributed by atoms with Crippen molar-refractivity contribution in [3.8, 4) is 0 Å². The third kappa shape index (κ3) is 10.9. The topological polar surface area (TPSA) is 155 Å². The Hall–Kier alpha value is -1.64. The van der Waals surface area contributed by atoms with Crippen LogP contribution >= 0.6 is 0 Å². The van der Waals surface area contributed by atoms with E-state index in [1.54, 1.807) is 0 Å². The van der Waals surface area contributed by atoms with Crippen molar-refractivity contribution in [1.82, 2.24) is 0 Å². The van der Waals surface area contributed by atoms with Crippen molar-refractivity contribution in [2.75, 3.05) is 26.2 Å². The van der Waals surface area contributed by atoms with E-state index in [0.717, 1.165) is 0 Å². The SMILES string of the molecule is [Cu].[NH-]CC(=O)[N-]CC(=O)[N-]CC(=O)[N-]CC(=O)O. The van der Waals surface area contributed by atoms with Gasteiger partial charge in [-0.05, 0) is 6.54 Å². The fraction of sp³-hybridized carbons (Fsp3) is 0.500. The Morgan fingerprint density at radius 3 is 1.61 bits per heavy atom. The second-order valence-electron chi connectivity index (χ2n) is 2.70. The van der Waals surface area contributed by atoms with Crippen molar-refractivity contribution in [2.45, 2.75) is 0 Å². The zero-order chi connectivity index (χ0) is 13.3. The summed E-state index contributed by atoms with van der Waals surface area (Å²) < 4.78 is 0. The van der Waals surface area contributed by atoms with Crippen molar-refractivity contribution in [1.29, 1.82) is 0 Å². The van der Waals surface area contributed by atoms with Crippen molar-refractivity contribution in [3.05, 3.63) is 21.7 Å². The summed E-state index contributed by atoms with van der Waals surface area (Å²) in [6.45, 7) is -2.33. The van der Waals surface area contributed by atoms with E-state index < -0.39 is 49.9 Å². The van der Waals surface area contributed by atoms with Crippen LogP contribution in [0.1, 0.15) is 0 Å². The Morgan fingerprint density at radius 2 is 1.22 bits per heavy atom. The molecular formula is C8H10CuN4O5-4. The van der Waals surface area contributed by atoms with E-state index in [9.17, 15) is 19.2 Å². The monoisotopic (exact) mass is 305 g/mol. The second kappa shape index (κ2) is 10.5. The van der Waals surface area contributed by atoms with Crippen molar-refractivity contribution in [2.24, 2.45) is 0 Å². The zero-order valence-corrected chi connectivity index (χ0v) is 9.99. The van der Waals surface area contributed by atoms with Gasteiger partial charge < -0.3 is 41.2 Å². The van der Waals surface area contributed by atoms with Crippen molar-refractivity contribution in [3.63, 3.8) is 0 Å². The molecule has 0 spiro atoms. The first-order valence-electron chi connectivity index (χ1n) is 4.43. The predicted molar refractivity (Wildman–Crippen MR) is 56.5 cm³/mol. The number of carbonyl (C=O) groups excluding carboxylic acids is 3. The van der Waals surface area contributed by atoms with E-state index in [1.165, 1.54) is 0 Å². The maximum absolute atomic E-state index is 10.9. The molecule has 10 heteroatoms. The van der Waals surface area contributed by atoms with Crippen LogP contribution in [0.5, 0.6) is 0 Å². The number of rotatable bonds is 7. The Labute approximate surface area is 113 Å². The molecule has 0 rings (SSSR count). The zero-order valence-electron chi connectivity index (χ0n) is 9.05. The van der Waals surface area contributed by atoms with Crippen molar-refractivity contribution < 1.29 is 41.4 Å². The summed E-state index contributed by atoms with van der Waals surface area (Å²) in [7, 11) is 0. The molecule has 0 saturated heterocycles. The number of carboxylic acid groups (broad SMARTS) is 1. The molecule has 107 valence electrons. The Balaban J connectivity index is 0. The smallest absolute Gasteiger partial charge is 0.285 e. The number of hydrogen-bond acceptors (Lipinski definition) is 4. The van der Waals surface area contributed by atoms with Crippen LogP contribution in [0.4, 0.5) is 0 Å². The van der Waals surface area contributed by atoms with Gasteiger partial charge >= 0.3 is 0 Å². The largest absolute Gasteiger partial charge is 0.673 e. The molecule has 0 unspecified atom stereocenters. The van der Waals surface area contributed by atoms with Gasteiger partial charge in [-0.25, -0.2) is 0 Å². The molecule has 0 aromatic heterocycles. The first-order chi connectivity index (χ1) is 7.95. The van der Waals surface area contributed by atoms with Gasteiger partial charge in [0, 0.05) is 34.8 Å². The summed E-state index contributed by atoms with van der Waals surface area (Å²) >= 11 is 0. The maximum atomic E-state index is 10.9. The van der Waals surface area contributed by atoms with Crippen LogP contribution in [-0.4, -0.2) is 55.0 Å². The standard InChI is InChI=1S/C8H13N4O5.Cu/c9-1-5(13)10-2-6(14)11-3-7(15)12-4-8(16)17;/h9H,1-4H2,(H4,10,11,12,13,14,15,16,17);/q-1;/p-3. The van der Waals surface area contributed by atoms with E-state index in [1.807, 2.05) is 0 Å². The Kier molecular flexibility index (Phi) is 10.9. The Morgan fingerprint density at radius 1 is 0.833 bits per heavy atom. The normalized spacial score (nSPS) is 8.72. The van der Waals surface area contributed by atoms with Gasteiger partial charge in [-0.2, -0.15) is 0 Å². The molecule has 2 N–H and O–H groups in total. The molecule has 0 aliphatic heterocycles. The van der Waals surface area contributed by atoms with Crippen LogP contribution in [0.3, 0.4) is 0 Å². The molecule has 9 nitrogen and oxygen atoms in total. The molecule has 0 atom stereocenters. The Bertz CT molecular complexity index is 323. The van der Waals surface area contributed by atoms with Crippen LogP contribution in [0, 0.1) is 0 Å². The van der Waals surface area contributed by atoms with Gasteiger partial charge in [0.05, 0.1) is 0 Å². The minimum atomic E-state index is -1.26. The first-order valence-corrected chi connectivity index (χ1v) is 4.43. The molecule has 0 heterocycles. The summed E-state index contributed by atoms with van der Waals surface area (Å²) in [6.07, 6.45) is 0. The van der Waals surface area contributed by atoms with Gasteiger partial charge in [0.2, 0.25) is 0 Å². The van der Waals surface area contributed by atoms with Gasteiger partial charge in [-0.1, -0.05) is 13.1 Å². The molecule has 3 amide bonds. The third-order valence-corrected chi connectivity index (χ3v) is 1.32. The number of hydrogen-bond donors (Lipinski definition) is 1. The van der Waals surface area contributed by atoms with E-state index in [-0.39, 0.29) is 17.1 Å². The molecule has 0 fully saturated rings. The minimum absolute atomic E-state index is 0.